The minimum atomic E-state index is -3.82. The number of amides is 1. The smallest absolute Gasteiger partial charge is 0.307 e. The molecule has 32 heavy (non-hydrogen) atoms. The van der Waals surface area contributed by atoms with Crippen LogP contribution >= 0.6 is 0 Å². The lowest BCUT2D eigenvalue weighted by Crippen LogP contribution is -2.30. The van der Waals surface area contributed by atoms with Crippen LogP contribution in [0.2, 0.25) is 0 Å². The standard InChI is InChI=1S/C20H22N2O9S/c1-29-17-6-5-12(9-18(17)30-2)16(11-19(23)31-3)21-20(24)13-7-14(22(25)26)10-15(8-13)32(4,27)28/h5-10,16H,11H2,1-4H3,(H,21,24). The second kappa shape index (κ2) is 10.1. The van der Waals surface area contributed by atoms with Crippen molar-refractivity contribution in [2.45, 2.75) is 17.4 Å². The number of benzene rings is 2. The third kappa shape index (κ3) is 5.94. The third-order valence-corrected chi connectivity index (χ3v) is 5.60. The molecule has 0 fully saturated rings. The van der Waals surface area contributed by atoms with E-state index in [1.54, 1.807) is 18.2 Å². The normalized spacial score (nSPS) is 11.9. The van der Waals surface area contributed by atoms with Crippen molar-refractivity contribution in [1.29, 1.82) is 0 Å². The highest BCUT2D eigenvalue weighted by molar-refractivity contribution is 7.90. The minimum Gasteiger partial charge on any atom is -0.493 e. The van der Waals surface area contributed by atoms with Crippen LogP contribution in [0.15, 0.2) is 41.3 Å². The number of methoxy groups -OCH3 is 3. The molecule has 0 aliphatic carbocycles. The highest BCUT2D eigenvalue weighted by Crippen LogP contribution is 2.31. The molecule has 0 aliphatic rings. The van der Waals surface area contributed by atoms with Gasteiger partial charge in [-0.05, 0) is 23.8 Å². The first-order valence-electron chi connectivity index (χ1n) is 9.09. The summed E-state index contributed by atoms with van der Waals surface area (Å²) in [5.41, 5.74) is -0.348. The van der Waals surface area contributed by atoms with Crippen molar-refractivity contribution in [1.82, 2.24) is 5.32 Å². The minimum absolute atomic E-state index is 0.255. The van der Waals surface area contributed by atoms with Gasteiger partial charge in [0.15, 0.2) is 21.3 Å². The van der Waals surface area contributed by atoms with Gasteiger partial charge in [0.1, 0.15) is 0 Å². The molecule has 0 aromatic heterocycles. The highest BCUT2D eigenvalue weighted by Gasteiger charge is 2.24. The Morgan fingerprint density at radius 3 is 2.25 bits per heavy atom. The average Bonchev–Trinajstić information content (AvgIpc) is 2.76. The van der Waals surface area contributed by atoms with E-state index >= 15 is 0 Å². The maximum Gasteiger partial charge on any atom is 0.307 e. The Morgan fingerprint density at radius 2 is 1.72 bits per heavy atom. The van der Waals surface area contributed by atoms with E-state index in [0.717, 1.165) is 24.5 Å². The average molecular weight is 466 g/mol. The topological polar surface area (TPSA) is 151 Å². The van der Waals surface area contributed by atoms with E-state index in [2.05, 4.69) is 5.32 Å². The number of carbonyl (C=O) groups is 2. The number of esters is 1. The van der Waals surface area contributed by atoms with Crippen molar-refractivity contribution in [2.24, 2.45) is 0 Å². The van der Waals surface area contributed by atoms with Crippen LogP contribution in [0.25, 0.3) is 0 Å². The SMILES string of the molecule is COC(=O)CC(NC(=O)c1cc([N+](=O)[O-])cc(S(C)(=O)=O)c1)c1ccc(OC)c(OC)c1. The Bertz CT molecular complexity index is 1150. The van der Waals surface area contributed by atoms with Gasteiger partial charge in [-0.25, -0.2) is 8.42 Å². The fourth-order valence-electron chi connectivity index (χ4n) is 2.85. The number of nitro groups is 1. The first kappa shape index (κ1) is 24.6. The van der Waals surface area contributed by atoms with Gasteiger partial charge < -0.3 is 19.5 Å². The van der Waals surface area contributed by atoms with Gasteiger partial charge in [-0.2, -0.15) is 0 Å². The van der Waals surface area contributed by atoms with E-state index in [-0.39, 0.29) is 16.9 Å². The summed E-state index contributed by atoms with van der Waals surface area (Å²) in [6.45, 7) is 0. The maximum atomic E-state index is 12.9. The molecule has 12 heteroatoms. The maximum absolute atomic E-state index is 12.9. The fourth-order valence-corrected chi connectivity index (χ4v) is 3.52. The molecule has 1 unspecified atom stereocenters. The first-order valence-corrected chi connectivity index (χ1v) is 11.0. The molecule has 172 valence electrons. The number of hydrogen-bond acceptors (Lipinski definition) is 9. The monoisotopic (exact) mass is 466 g/mol. The molecule has 2 aromatic rings. The van der Waals surface area contributed by atoms with Gasteiger partial charge in [0.25, 0.3) is 11.6 Å². The molecule has 0 aliphatic heterocycles. The Balaban J connectivity index is 2.48. The van der Waals surface area contributed by atoms with Crippen molar-refractivity contribution in [2.75, 3.05) is 27.6 Å². The zero-order chi connectivity index (χ0) is 24.1. The molecule has 1 atom stereocenters. The summed E-state index contributed by atoms with van der Waals surface area (Å²) in [4.78, 5) is 34.8. The highest BCUT2D eigenvalue weighted by atomic mass is 32.2. The third-order valence-electron chi connectivity index (χ3n) is 4.51. The number of carbonyl (C=O) groups excluding carboxylic acids is 2. The van der Waals surface area contributed by atoms with Gasteiger partial charge >= 0.3 is 5.97 Å². The van der Waals surface area contributed by atoms with Crippen LogP contribution in [0.5, 0.6) is 11.5 Å². The van der Waals surface area contributed by atoms with Gasteiger partial charge in [-0.1, -0.05) is 6.07 Å². The lowest BCUT2D eigenvalue weighted by atomic mass is 10.0. The first-order chi connectivity index (χ1) is 15.0. The van der Waals surface area contributed by atoms with E-state index < -0.39 is 38.4 Å². The Labute approximate surface area is 184 Å². The number of hydrogen-bond donors (Lipinski definition) is 1. The molecule has 1 amide bonds. The fraction of sp³-hybridized carbons (Fsp3) is 0.300. The van der Waals surface area contributed by atoms with Gasteiger partial charge in [-0.3, -0.25) is 19.7 Å². The van der Waals surface area contributed by atoms with Crippen LogP contribution in [-0.4, -0.2) is 52.8 Å². The Morgan fingerprint density at radius 1 is 1.06 bits per heavy atom. The molecule has 0 bridgehead atoms. The lowest BCUT2D eigenvalue weighted by molar-refractivity contribution is -0.385. The van der Waals surface area contributed by atoms with Crippen LogP contribution in [0, 0.1) is 10.1 Å². The van der Waals surface area contributed by atoms with Crippen LogP contribution in [0.4, 0.5) is 5.69 Å². The molecule has 0 radical (unpaired) electrons. The number of nitrogens with one attached hydrogen (secondary N) is 1. The van der Waals surface area contributed by atoms with Crippen LogP contribution in [0.3, 0.4) is 0 Å². The lowest BCUT2D eigenvalue weighted by Gasteiger charge is -2.20. The summed E-state index contributed by atoms with van der Waals surface area (Å²) < 4.78 is 38.9. The van der Waals surface area contributed by atoms with Crippen molar-refractivity contribution < 1.29 is 37.1 Å². The second-order valence-electron chi connectivity index (χ2n) is 6.67. The number of rotatable bonds is 9. The summed E-state index contributed by atoms with van der Waals surface area (Å²) in [7, 11) is 0.238. The number of nitro benzene ring substituents is 1. The zero-order valence-electron chi connectivity index (χ0n) is 17.8. The van der Waals surface area contributed by atoms with Gasteiger partial charge in [0, 0.05) is 24.0 Å². The molecular formula is C20H22N2O9S. The van der Waals surface area contributed by atoms with E-state index in [4.69, 9.17) is 14.2 Å². The van der Waals surface area contributed by atoms with Crippen molar-refractivity contribution >= 4 is 27.4 Å². The predicted octanol–water partition coefficient (Wildman–Crippen LogP) is 2.05. The van der Waals surface area contributed by atoms with E-state index in [0.29, 0.717) is 17.1 Å². The molecule has 11 nitrogen and oxygen atoms in total. The summed E-state index contributed by atoms with van der Waals surface area (Å²) in [6.07, 6.45) is 0.614. The molecule has 2 rings (SSSR count). The van der Waals surface area contributed by atoms with Gasteiger partial charge in [0.2, 0.25) is 0 Å². The molecule has 0 spiro atoms. The molecule has 2 aromatic carbocycles. The molecular weight excluding hydrogens is 444 g/mol. The molecule has 1 N–H and O–H groups in total. The molecule has 0 heterocycles. The van der Waals surface area contributed by atoms with Crippen molar-refractivity contribution in [3.8, 4) is 11.5 Å². The van der Waals surface area contributed by atoms with Gasteiger partial charge in [-0.15, -0.1) is 0 Å². The summed E-state index contributed by atoms with van der Waals surface area (Å²) >= 11 is 0. The van der Waals surface area contributed by atoms with E-state index in [1.165, 1.54) is 21.3 Å². The number of non-ortho nitro benzene ring substituents is 1. The van der Waals surface area contributed by atoms with Crippen molar-refractivity contribution in [3.05, 3.63) is 57.6 Å². The number of nitrogens with zero attached hydrogens (tertiary/aromatic N) is 1. The van der Waals surface area contributed by atoms with Crippen LogP contribution in [-0.2, 0) is 19.4 Å². The predicted molar refractivity (Wildman–Crippen MR) is 113 cm³/mol. The summed E-state index contributed by atoms with van der Waals surface area (Å²) in [5, 5.41) is 13.8. The van der Waals surface area contributed by atoms with Crippen molar-refractivity contribution in [3.63, 3.8) is 0 Å². The van der Waals surface area contributed by atoms with Crippen LogP contribution < -0.4 is 14.8 Å². The summed E-state index contributed by atoms with van der Waals surface area (Å²) in [6, 6.07) is 6.68. The quantitative estimate of drug-likeness (QED) is 0.332. The second-order valence-corrected chi connectivity index (χ2v) is 8.68. The Kier molecular flexibility index (Phi) is 7.76. The van der Waals surface area contributed by atoms with Gasteiger partial charge in [0.05, 0.1) is 43.6 Å². The van der Waals surface area contributed by atoms with E-state index in [1.807, 2.05) is 0 Å². The number of sulfone groups is 1. The summed E-state index contributed by atoms with van der Waals surface area (Å²) in [5.74, 6) is -0.664. The molecule has 0 saturated heterocycles. The number of ether oxygens (including phenoxy) is 3. The van der Waals surface area contributed by atoms with Crippen LogP contribution in [0.1, 0.15) is 28.4 Å². The Hall–Kier alpha value is -3.67. The zero-order valence-corrected chi connectivity index (χ0v) is 18.6. The largest absolute Gasteiger partial charge is 0.493 e. The molecule has 0 saturated carbocycles. The van der Waals surface area contributed by atoms with E-state index in [9.17, 15) is 28.1 Å².